The number of hydrogen-bond donors (Lipinski definition) is 1. The second kappa shape index (κ2) is 5.68. The molecule has 0 aliphatic rings. The second-order valence-corrected chi connectivity index (χ2v) is 4.38. The van der Waals surface area contributed by atoms with Gasteiger partial charge < -0.3 is 4.74 Å². The monoisotopic (exact) mass is 236 g/mol. The van der Waals surface area contributed by atoms with Crippen LogP contribution >= 0.6 is 0 Å². The van der Waals surface area contributed by atoms with Crippen LogP contribution < -0.4 is 10.2 Å². The first kappa shape index (κ1) is 13.5. The lowest BCUT2D eigenvalue weighted by molar-refractivity contribution is -0.124. The van der Waals surface area contributed by atoms with Crippen LogP contribution in [0.5, 0.6) is 5.75 Å². The summed E-state index contributed by atoms with van der Waals surface area (Å²) in [5, 5.41) is 1.64. The van der Waals surface area contributed by atoms with Crippen LogP contribution in [0.1, 0.15) is 16.7 Å². The van der Waals surface area contributed by atoms with Crippen LogP contribution in [0.3, 0.4) is 0 Å². The van der Waals surface area contributed by atoms with Gasteiger partial charge in [0, 0.05) is 19.7 Å². The van der Waals surface area contributed by atoms with E-state index in [2.05, 4.69) is 5.43 Å². The number of amides is 1. The van der Waals surface area contributed by atoms with Gasteiger partial charge in [-0.15, -0.1) is 0 Å². The summed E-state index contributed by atoms with van der Waals surface area (Å²) in [4.78, 5) is 11.7. The third-order valence-corrected chi connectivity index (χ3v) is 2.40. The largest absolute Gasteiger partial charge is 0.496 e. The Balaban J connectivity index is 2.93. The van der Waals surface area contributed by atoms with E-state index in [0.29, 0.717) is 6.42 Å². The van der Waals surface area contributed by atoms with Crippen LogP contribution in [-0.4, -0.2) is 32.1 Å². The number of methoxy groups -OCH3 is 1. The van der Waals surface area contributed by atoms with E-state index in [0.717, 1.165) is 22.4 Å². The zero-order chi connectivity index (χ0) is 13.0. The van der Waals surface area contributed by atoms with Crippen LogP contribution in [0.2, 0.25) is 0 Å². The molecule has 1 amide bonds. The molecule has 0 fully saturated rings. The number of hydrazine groups is 1. The molecule has 0 saturated heterocycles. The summed E-state index contributed by atoms with van der Waals surface area (Å²) < 4.78 is 5.34. The number of carbonyl (C=O) groups excluding carboxylic acids is 1. The fraction of sp³-hybridized carbons (Fsp3) is 0.462. The van der Waals surface area contributed by atoms with E-state index in [4.69, 9.17) is 4.74 Å². The summed E-state index contributed by atoms with van der Waals surface area (Å²) in [6, 6.07) is 4.03. The molecule has 0 aliphatic heterocycles. The maximum atomic E-state index is 11.7. The minimum Gasteiger partial charge on any atom is -0.496 e. The highest BCUT2D eigenvalue weighted by Crippen LogP contribution is 2.25. The molecule has 94 valence electrons. The minimum absolute atomic E-state index is 0.0432. The first-order valence-corrected chi connectivity index (χ1v) is 5.55. The molecule has 4 nitrogen and oxygen atoms in total. The molecule has 0 spiro atoms. The molecule has 0 radical (unpaired) electrons. The van der Waals surface area contributed by atoms with Crippen LogP contribution in [0.15, 0.2) is 12.1 Å². The molecular weight excluding hydrogens is 216 g/mol. The first-order valence-electron chi connectivity index (χ1n) is 5.55. The Bertz CT molecular complexity index is 414. The highest BCUT2D eigenvalue weighted by Gasteiger charge is 2.11. The number of nitrogens with one attached hydrogen (secondary N) is 1. The van der Waals surface area contributed by atoms with Crippen molar-refractivity contribution in [2.24, 2.45) is 0 Å². The summed E-state index contributed by atoms with van der Waals surface area (Å²) in [6.07, 6.45) is 0.323. The van der Waals surface area contributed by atoms with Crippen molar-refractivity contribution in [3.05, 3.63) is 28.8 Å². The number of hydrogen-bond acceptors (Lipinski definition) is 3. The summed E-state index contributed by atoms with van der Waals surface area (Å²) in [5.41, 5.74) is 5.83. The standard InChI is InChI=1S/C13H20N2O2/c1-9-6-10(2)13(17-5)11(7-9)8-12(16)14-15(3)4/h6-7H,8H2,1-5H3,(H,14,16). The van der Waals surface area contributed by atoms with E-state index in [-0.39, 0.29) is 5.91 Å². The molecule has 1 rings (SSSR count). The number of rotatable bonds is 4. The molecule has 1 N–H and O–H groups in total. The smallest absolute Gasteiger partial charge is 0.238 e. The summed E-state index contributed by atoms with van der Waals surface area (Å²) in [6.45, 7) is 4.00. The quantitative estimate of drug-likeness (QED) is 0.804. The van der Waals surface area contributed by atoms with Crippen molar-refractivity contribution < 1.29 is 9.53 Å². The predicted molar refractivity (Wildman–Crippen MR) is 68.0 cm³/mol. The van der Waals surface area contributed by atoms with Gasteiger partial charge in [0.05, 0.1) is 13.5 Å². The van der Waals surface area contributed by atoms with Gasteiger partial charge in [0.2, 0.25) is 5.91 Å². The van der Waals surface area contributed by atoms with E-state index >= 15 is 0 Å². The van der Waals surface area contributed by atoms with E-state index < -0.39 is 0 Å². The molecule has 0 aliphatic carbocycles. The van der Waals surface area contributed by atoms with E-state index in [9.17, 15) is 4.79 Å². The lowest BCUT2D eigenvalue weighted by Crippen LogP contribution is -2.37. The minimum atomic E-state index is -0.0432. The third-order valence-electron chi connectivity index (χ3n) is 2.40. The molecule has 0 aromatic heterocycles. The SMILES string of the molecule is COc1c(C)cc(C)cc1CC(=O)NN(C)C. The lowest BCUT2D eigenvalue weighted by atomic mass is 10.0. The maximum Gasteiger partial charge on any atom is 0.238 e. The Morgan fingerprint density at radius 3 is 2.53 bits per heavy atom. The maximum absolute atomic E-state index is 11.7. The van der Waals surface area contributed by atoms with Gasteiger partial charge in [-0.25, -0.2) is 5.01 Å². The van der Waals surface area contributed by atoms with Gasteiger partial charge >= 0.3 is 0 Å². The van der Waals surface area contributed by atoms with Crippen LogP contribution in [0, 0.1) is 13.8 Å². The summed E-state index contributed by atoms with van der Waals surface area (Å²) in [5.74, 6) is 0.753. The van der Waals surface area contributed by atoms with Gasteiger partial charge in [0.25, 0.3) is 0 Å². The number of ether oxygens (including phenoxy) is 1. The van der Waals surface area contributed by atoms with E-state index in [1.165, 1.54) is 0 Å². The van der Waals surface area contributed by atoms with Crippen molar-refractivity contribution in [2.45, 2.75) is 20.3 Å². The fourth-order valence-electron chi connectivity index (χ4n) is 1.93. The second-order valence-electron chi connectivity index (χ2n) is 4.38. The molecule has 0 saturated carbocycles. The zero-order valence-electron chi connectivity index (χ0n) is 11.1. The average Bonchev–Trinajstić information content (AvgIpc) is 2.15. The highest BCUT2D eigenvalue weighted by atomic mass is 16.5. The molecule has 1 aromatic rings. The Kier molecular flexibility index (Phi) is 4.52. The number of carbonyl (C=O) groups is 1. The topological polar surface area (TPSA) is 41.6 Å². The summed E-state index contributed by atoms with van der Waals surface area (Å²) in [7, 11) is 5.21. The van der Waals surface area contributed by atoms with Gasteiger partial charge in [-0.05, 0) is 19.4 Å². The molecule has 0 unspecified atom stereocenters. The number of benzene rings is 1. The Morgan fingerprint density at radius 2 is 2.00 bits per heavy atom. The molecule has 0 bridgehead atoms. The van der Waals surface area contributed by atoms with Gasteiger partial charge in [0.15, 0.2) is 0 Å². The fourth-order valence-corrected chi connectivity index (χ4v) is 1.93. The average molecular weight is 236 g/mol. The van der Waals surface area contributed by atoms with Gasteiger partial charge in [0.1, 0.15) is 5.75 Å². The Morgan fingerprint density at radius 1 is 1.35 bits per heavy atom. The molecule has 0 atom stereocenters. The lowest BCUT2D eigenvalue weighted by Gasteiger charge is -2.15. The van der Waals surface area contributed by atoms with Gasteiger partial charge in [-0.3, -0.25) is 10.2 Å². The van der Waals surface area contributed by atoms with Crippen molar-refractivity contribution >= 4 is 5.91 Å². The Hall–Kier alpha value is -1.55. The first-order chi connectivity index (χ1) is 7.93. The molecular formula is C13H20N2O2. The molecule has 4 heteroatoms. The molecule has 1 aromatic carbocycles. The predicted octanol–water partition coefficient (Wildman–Crippen LogP) is 1.45. The molecule has 0 heterocycles. The van der Waals surface area contributed by atoms with E-state index in [1.54, 1.807) is 26.2 Å². The van der Waals surface area contributed by atoms with E-state index in [1.807, 2.05) is 26.0 Å². The van der Waals surface area contributed by atoms with Gasteiger partial charge in [-0.1, -0.05) is 17.7 Å². The molecule has 17 heavy (non-hydrogen) atoms. The third kappa shape index (κ3) is 3.75. The number of aryl methyl sites for hydroxylation is 2. The van der Waals surface area contributed by atoms with Crippen molar-refractivity contribution in [1.29, 1.82) is 0 Å². The van der Waals surface area contributed by atoms with Crippen LogP contribution in [-0.2, 0) is 11.2 Å². The van der Waals surface area contributed by atoms with Crippen LogP contribution in [0.25, 0.3) is 0 Å². The van der Waals surface area contributed by atoms with Crippen molar-refractivity contribution in [1.82, 2.24) is 10.4 Å². The van der Waals surface area contributed by atoms with Gasteiger partial charge in [-0.2, -0.15) is 0 Å². The zero-order valence-corrected chi connectivity index (χ0v) is 11.1. The van der Waals surface area contributed by atoms with Crippen molar-refractivity contribution in [3.8, 4) is 5.75 Å². The Labute approximate surface area is 103 Å². The summed E-state index contributed by atoms with van der Waals surface area (Å²) >= 11 is 0. The number of nitrogens with zero attached hydrogens (tertiary/aromatic N) is 1. The van der Waals surface area contributed by atoms with Crippen molar-refractivity contribution in [3.63, 3.8) is 0 Å². The van der Waals surface area contributed by atoms with Crippen molar-refractivity contribution in [2.75, 3.05) is 21.2 Å². The normalized spacial score (nSPS) is 10.5. The van der Waals surface area contributed by atoms with Crippen LogP contribution in [0.4, 0.5) is 0 Å². The highest BCUT2D eigenvalue weighted by molar-refractivity contribution is 5.79.